The first-order valence-corrected chi connectivity index (χ1v) is 4.05. The molecule has 1 fully saturated rings. The van der Waals surface area contributed by atoms with Crippen LogP contribution in [0.4, 0.5) is 5.95 Å². The van der Waals surface area contributed by atoms with Crippen molar-refractivity contribution in [3.8, 4) is 0 Å². The fraction of sp³-hybridized carbons (Fsp3) is 0.571. The summed E-state index contributed by atoms with van der Waals surface area (Å²) in [6.45, 7) is 0.643. The Balaban J connectivity index is 1.91. The van der Waals surface area contributed by atoms with Crippen LogP contribution in [0.25, 0.3) is 0 Å². The molecule has 2 rings (SSSR count). The third kappa shape index (κ3) is 1.83. The molecule has 0 spiro atoms. The van der Waals surface area contributed by atoms with Crippen molar-refractivity contribution in [1.29, 1.82) is 0 Å². The number of rotatable bonds is 2. The van der Waals surface area contributed by atoms with Crippen LogP contribution in [0.15, 0.2) is 10.9 Å². The zero-order chi connectivity index (χ0) is 9.10. The van der Waals surface area contributed by atoms with Gasteiger partial charge in [-0.05, 0) is 18.0 Å². The number of hydrogen-bond donors (Lipinski definition) is 1. The molecule has 1 saturated heterocycles. The lowest BCUT2D eigenvalue weighted by atomic mass is 10.2. The number of hydrogen-bond acceptors (Lipinski definition) is 5. The minimum atomic E-state index is -0.363. The summed E-state index contributed by atoms with van der Waals surface area (Å²) in [7, 11) is 0. The van der Waals surface area contributed by atoms with Crippen LogP contribution in [0.2, 0.25) is 0 Å². The average Bonchev–Trinajstić information content (AvgIpc) is 2.74. The van der Waals surface area contributed by atoms with Crippen LogP contribution < -0.4 is 5.32 Å². The molecular formula is C7H9N3O3. The Morgan fingerprint density at radius 1 is 1.69 bits per heavy atom. The molecular weight excluding hydrogens is 174 g/mol. The van der Waals surface area contributed by atoms with Gasteiger partial charge in [-0.3, -0.25) is 10.1 Å². The first-order chi connectivity index (χ1) is 6.36. The molecule has 13 heavy (non-hydrogen) atoms. The van der Waals surface area contributed by atoms with Gasteiger partial charge in [-0.2, -0.15) is 4.98 Å². The minimum Gasteiger partial charge on any atom is -0.368 e. The van der Waals surface area contributed by atoms with Gasteiger partial charge < -0.3 is 9.26 Å². The van der Waals surface area contributed by atoms with Gasteiger partial charge in [-0.1, -0.05) is 0 Å². The van der Waals surface area contributed by atoms with Crippen molar-refractivity contribution in [3.63, 3.8) is 0 Å². The van der Waals surface area contributed by atoms with E-state index >= 15 is 0 Å². The van der Waals surface area contributed by atoms with Crippen molar-refractivity contribution < 1.29 is 14.1 Å². The van der Waals surface area contributed by atoms with Crippen LogP contribution in [0.5, 0.6) is 0 Å². The molecule has 6 heteroatoms. The number of anilines is 1. The maximum atomic E-state index is 11.4. The summed E-state index contributed by atoms with van der Waals surface area (Å²) in [6, 6.07) is 0. The van der Waals surface area contributed by atoms with E-state index in [0.29, 0.717) is 6.61 Å². The highest BCUT2D eigenvalue weighted by Gasteiger charge is 2.24. The zero-order valence-corrected chi connectivity index (χ0v) is 6.90. The molecule has 1 unspecified atom stereocenters. The first-order valence-electron chi connectivity index (χ1n) is 4.05. The van der Waals surface area contributed by atoms with E-state index in [4.69, 9.17) is 4.74 Å². The van der Waals surface area contributed by atoms with Crippen molar-refractivity contribution in [3.05, 3.63) is 6.39 Å². The second-order valence-corrected chi connectivity index (χ2v) is 2.75. The average molecular weight is 183 g/mol. The van der Waals surface area contributed by atoms with Crippen LogP contribution in [0.1, 0.15) is 12.8 Å². The normalized spacial score (nSPS) is 21.7. The van der Waals surface area contributed by atoms with Crippen LogP contribution in [0, 0.1) is 0 Å². The van der Waals surface area contributed by atoms with E-state index in [2.05, 4.69) is 20.0 Å². The summed E-state index contributed by atoms with van der Waals surface area (Å²) in [4.78, 5) is 15.0. The summed E-state index contributed by atoms with van der Waals surface area (Å²) in [5, 5.41) is 5.94. The summed E-state index contributed by atoms with van der Waals surface area (Å²) in [6.07, 6.45) is 2.47. The Kier molecular flexibility index (Phi) is 2.22. The van der Waals surface area contributed by atoms with E-state index in [9.17, 15) is 4.79 Å². The number of nitrogens with one attached hydrogen (secondary N) is 1. The molecule has 0 aliphatic carbocycles. The predicted octanol–water partition coefficient (Wildman–Crippen LogP) is 0.187. The molecule has 0 aromatic carbocycles. The second kappa shape index (κ2) is 3.53. The first kappa shape index (κ1) is 8.18. The quantitative estimate of drug-likeness (QED) is 0.708. The predicted molar refractivity (Wildman–Crippen MR) is 41.9 cm³/mol. The molecule has 6 nitrogen and oxygen atoms in total. The Hall–Kier alpha value is -1.43. The number of amides is 1. The van der Waals surface area contributed by atoms with Crippen molar-refractivity contribution in [2.75, 3.05) is 11.9 Å². The molecule has 0 bridgehead atoms. The Morgan fingerprint density at radius 2 is 2.62 bits per heavy atom. The number of nitrogens with zero attached hydrogens (tertiary/aromatic N) is 2. The smallest absolute Gasteiger partial charge is 0.269 e. The fourth-order valence-electron chi connectivity index (χ4n) is 1.20. The Bertz CT molecular complexity index is 279. The van der Waals surface area contributed by atoms with E-state index in [1.165, 1.54) is 0 Å². The standard InChI is InChI=1S/C7H9N3O3/c11-6(5-2-1-3-12-5)9-7-8-4-13-10-7/h4-5H,1-3H2,(H,9,10,11). The molecule has 2 heterocycles. The molecule has 70 valence electrons. The Labute approximate surface area is 74.3 Å². The second-order valence-electron chi connectivity index (χ2n) is 2.75. The summed E-state index contributed by atoms with van der Waals surface area (Å²) in [5.41, 5.74) is 0. The van der Waals surface area contributed by atoms with Gasteiger partial charge in [0.1, 0.15) is 6.10 Å². The SMILES string of the molecule is O=C(Nc1ncon1)C1CCCO1. The highest BCUT2D eigenvalue weighted by atomic mass is 16.5. The van der Waals surface area contributed by atoms with Gasteiger partial charge in [0, 0.05) is 6.61 Å². The lowest BCUT2D eigenvalue weighted by Gasteiger charge is -2.06. The van der Waals surface area contributed by atoms with Crippen LogP contribution in [-0.4, -0.2) is 28.8 Å². The highest BCUT2D eigenvalue weighted by Crippen LogP contribution is 2.13. The fourth-order valence-corrected chi connectivity index (χ4v) is 1.20. The molecule has 1 aromatic rings. The molecule has 0 radical (unpaired) electrons. The molecule has 1 aliphatic rings. The topological polar surface area (TPSA) is 77.3 Å². The zero-order valence-electron chi connectivity index (χ0n) is 6.90. The number of carbonyl (C=O) groups is 1. The van der Waals surface area contributed by atoms with Gasteiger partial charge >= 0.3 is 0 Å². The lowest BCUT2D eigenvalue weighted by molar-refractivity contribution is -0.124. The molecule has 1 N–H and O–H groups in total. The van der Waals surface area contributed by atoms with Gasteiger partial charge in [-0.25, -0.2) is 0 Å². The largest absolute Gasteiger partial charge is 0.368 e. The maximum Gasteiger partial charge on any atom is 0.269 e. The van der Waals surface area contributed by atoms with E-state index in [1.54, 1.807) is 0 Å². The van der Waals surface area contributed by atoms with Crippen molar-refractivity contribution in [2.45, 2.75) is 18.9 Å². The van der Waals surface area contributed by atoms with Gasteiger partial charge in [0.15, 0.2) is 0 Å². The van der Waals surface area contributed by atoms with Crippen LogP contribution in [0.3, 0.4) is 0 Å². The van der Waals surface area contributed by atoms with E-state index in [-0.39, 0.29) is 18.0 Å². The minimum absolute atomic E-state index is 0.181. The summed E-state index contributed by atoms with van der Waals surface area (Å²) >= 11 is 0. The van der Waals surface area contributed by atoms with Crippen LogP contribution >= 0.6 is 0 Å². The van der Waals surface area contributed by atoms with E-state index in [0.717, 1.165) is 19.2 Å². The molecule has 0 saturated carbocycles. The highest BCUT2D eigenvalue weighted by molar-refractivity contribution is 5.92. The van der Waals surface area contributed by atoms with Gasteiger partial charge in [-0.15, -0.1) is 0 Å². The summed E-state index contributed by atoms with van der Waals surface area (Å²) < 4.78 is 9.63. The van der Waals surface area contributed by atoms with Crippen LogP contribution in [-0.2, 0) is 9.53 Å². The van der Waals surface area contributed by atoms with Gasteiger partial charge in [0.25, 0.3) is 11.9 Å². The number of carbonyl (C=O) groups excluding carboxylic acids is 1. The number of ether oxygens (including phenoxy) is 1. The van der Waals surface area contributed by atoms with Crippen molar-refractivity contribution >= 4 is 11.9 Å². The third-order valence-corrected chi connectivity index (χ3v) is 1.82. The van der Waals surface area contributed by atoms with E-state index < -0.39 is 0 Å². The third-order valence-electron chi connectivity index (χ3n) is 1.82. The maximum absolute atomic E-state index is 11.4. The van der Waals surface area contributed by atoms with Gasteiger partial charge in [0.2, 0.25) is 6.39 Å². The molecule has 1 amide bonds. The van der Waals surface area contributed by atoms with Crippen molar-refractivity contribution in [2.24, 2.45) is 0 Å². The Morgan fingerprint density at radius 3 is 3.23 bits per heavy atom. The number of aromatic nitrogens is 2. The molecule has 1 aromatic heterocycles. The summed E-state index contributed by atoms with van der Waals surface area (Å²) in [5.74, 6) is -0.0283. The van der Waals surface area contributed by atoms with Crippen molar-refractivity contribution in [1.82, 2.24) is 10.1 Å². The lowest BCUT2D eigenvalue weighted by Crippen LogP contribution is -2.27. The van der Waals surface area contributed by atoms with Gasteiger partial charge in [0.05, 0.1) is 0 Å². The van der Waals surface area contributed by atoms with E-state index in [1.807, 2.05) is 0 Å². The molecule has 1 atom stereocenters. The monoisotopic (exact) mass is 183 g/mol. The molecule has 1 aliphatic heterocycles.